The number of aryl methyl sites for hydroxylation is 4. The Morgan fingerprint density at radius 2 is 1.71 bits per heavy atom. The van der Waals surface area contributed by atoms with Crippen LogP contribution in [-0.2, 0) is 33.6 Å². The Bertz CT molecular complexity index is 1530. The number of carbonyl (C=O) groups is 1. The molecular formula is C25H23Cl2N3O4S. The molecule has 0 fully saturated rings. The number of halogens is 2. The van der Waals surface area contributed by atoms with Gasteiger partial charge in [-0.3, -0.25) is 4.57 Å². The Kier molecular flexibility index (Phi) is 7.07. The number of rotatable bonds is 7. The minimum Gasteiger partial charge on any atom is -0.334 e. The topological polar surface area (TPSA) is 104 Å². The van der Waals surface area contributed by atoms with Crippen LogP contribution < -0.4 is 5.73 Å². The van der Waals surface area contributed by atoms with E-state index in [9.17, 15) is 13.2 Å². The van der Waals surface area contributed by atoms with Gasteiger partial charge in [0.2, 0.25) is 0 Å². The Morgan fingerprint density at radius 1 is 1.03 bits per heavy atom. The number of carbonyl (C=O) groups excluding carboxylic acids is 1. The van der Waals surface area contributed by atoms with Crippen molar-refractivity contribution in [2.24, 2.45) is 5.73 Å². The van der Waals surface area contributed by atoms with Gasteiger partial charge in [0.15, 0.2) is 0 Å². The van der Waals surface area contributed by atoms with Crippen molar-refractivity contribution in [2.75, 3.05) is 0 Å². The first-order valence-corrected chi connectivity index (χ1v) is 13.0. The Balaban J connectivity index is 1.61. The van der Waals surface area contributed by atoms with Crippen molar-refractivity contribution >= 4 is 50.4 Å². The van der Waals surface area contributed by atoms with E-state index in [1.54, 1.807) is 18.2 Å². The average molecular weight is 532 g/mol. The van der Waals surface area contributed by atoms with Gasteiger partial charge < -0.3 is 9.92 Å². The van der Waals surface area contributed by atoms with Crippen LogP contribution in [0.4, 0.5) is 4.79 Å². The first-order valence-electron chi connectivity index (χ1n) is 10.9. The molecule has 1 aromatic heterocycles. The van der Waals surface area contributed by atoms with Crippen LogP contribution >= 0.6 is 23.2 Å². The highest BCUT2D eigenvalue weighted by atomic mass is 35.5. The molecule has 3 aromatic carbocycles. The molecule has 0 aliphatic rings. The number of imidazole rings is 1. The maximum atomic E-state index is 12.4. The summed E-state index contributed by atoms with van der Waals surface area (Å²) in [5, 5.41) is 0.921. The molecule has 10 heteroatoms. The zero-order valence-corrected chi connectivity index (χ0v) is 21.4. The molecule has 35 heavy (non-hydrogen) atoms. The monoisotopic (exact) mass is 531 g/mol. The molecule has 1 heterocycles. The number of nitrogens with two attached hydrogens (primary N) is 1. The molecule has 182 valence electrons. The molecule has 0 aliphatic heterocycles. The maximum Gasteiger partial charge on any atom is 0.420 e. The van der Waals surface area contributed by atoms with E-state index in [1.165, 1.54) is 6.07 Å². The Hall–Kier alpha value is -3.07. The summed E-state index contributed by atoms with van der Waals surface area (Å²) in [6.07, 6.45) is 0.369. The summed E-state index contributed by atoms with van der Waals surface area (Å²) >= 11 is 12.4. The van der Waals surface area contributed by atoms with Crippen molar-refractivity contribution < 1.29 is 17.4 Å². The van der Waals surface area contributed by atoms with E-state index < -0.39 is 16.2 Å². The molecule has 7 nitrogen and oxygen atoms in total. The summed E-state index contributed by atoms with van der Waals surface area (Å²) in [6.45, 7) is 3.90. The number of benzene rings is 3. The first kappa shape index (κ1) is 25.0. The summed E-state index contributed by atoms with van der Waals surface area (Å²) in [5.41, 5.74) is 9.95. The van der Waals surface area contributed by atoms with Crippen LogP contribution in [0.2, 0.25) is 10.0 Å². The number of hydrogen-bond acceptors (Lipinski definition) is 5. The predicted octanol–water partition coefficient (Wildman–Crippen LogP) is 5.77. The van der Waals surface area contributed by atoms with Gasteiger partial charge in [-0.15, -0.1) is 0 Å². The van der Waals surface area contributed by atoms with Crippen molar-refractivity contribution in [1.82, 2.24) is 9.55 Å². The van der Waals surface area contributed by atoms with Gasteiger partial charge >= 0.3 is 16.2 Å². The Morgan fingerprint density at radius 3 is 2.37 bits per heavy atom. The normalized spacial score (nSPS) is 11.7. The molecule has 4 aromatic rings. The predicted molar refractivity (Wildman–Crippen MR) is 137 cm³/mol. The van der Waals surface area contributed by atoms with Crippen LogP contribution in [0.1, 0.15) is 29.4 Å². The highest BCUT2D eigenvalue weighted by molar-refractivity contribution is 7.87. The summed E-state index contributed by atoms with van der Waals surface area (Å²) in [5.74, 6) is 0.884. The van der Waals surface area contributed by atoms with Crippen molar-refractivity contribution in [2.45, 2.75) is 38.0 Å². The second-order valence-electron chi connectivity index (χ2n) is 8.11. The van der Waals surface area contributed by atoms with E-state index in [2.05, 4.69) is 9.17 Å². The minimum atomic E-state index is -4.29. The Labute approximate surface area is 213 Å². The van der Waals surface area contributed by atoms with Gasteiger partial charge in [-0.1, -0.05) is 60.0 Å². The summed E-state index contributed by atoms with van der Waals surface area (Å²) in [6, 6.07) is 16.4. The minimum absolute atomic E-state index is 0.0634. The molecule has 0 saturated carbocycles. The van der Waals surface area contributed by atoms with Gasteiger partial charge in [-0.2, -0.15) is 8.42 Å². The summed E-state index contributed by atoms with van der Waals surface area (Å²) in [7, 11) is -4.29. The van der Waals surface area contributed by atoms with Crippen LogP contribution in [-0.4, -0.2) is 24.1 Å². The highest BCUT2D eigenvalue weighted by Crippen LogP contribution is 2.30. The van der Waals surface area contributed by atoms with Crippen molar-refractivity contribution in [3.05, 3.63) is 87.2 Å². The fraction of sp³-hybridized carbons (Fsp3) is 0.200. The van der Waals surface area contributed by atoms with E-state index in [0.717, 1.165) is 40.1 Å². The lowest BCUT2D eigenvalue weighted by Gasteiger charge is -2.12. The molecular weight excluding hydrogens is 509 g/mol. The molecule has 1 amide bonds. The van der Waals surface area contributed by atoms with E-state index in [1.807, 2.05) is 48.7 Å². The van der Waals surface area contributed by atoms with Crippen LogP contribution in [0.3, 0.4) is 0 Å². The first-order chi connectivity index (χ1) is 16.6. The number of nitrogens with zero attached hydrogens (tertiary/aromatic N) is 2. The smallest absolute Gasteiger partial charge is 0.334 e. The van der Waals surface area contributed by atoms with Crippen molar-refractivity contribution in [3.8, 4) is 5.69 Å². The number of aromatic nitrogens is 2. The fourth-order valence-corrected chi connectivity index (χ4v) is 5.38. The molecule has 0 saturated heterocycles. The molecule has 0 radical (unpaired) electrons. The lowest BCUT2D eigenvalue weighted by molar-refractivity contribution is 0.212. The molecule has 0 unspecified atom stereocenters. The quantitative estimate of drug-likeness (QED) is 0.304. The molecule has 0 aliphatic carbocycles. The second kappa shape index (κ2) is 9.89. The largest absolute Gasteiger partial charge is 0.420 e. The number of fused-ring (bicyclic) bond motifs is 1. The number of amides is 1. The van der Waals surface area contributed by atoms with Gasteiger partial charge in [-0.05, 0) is 61.2 Å². The van der Waals surface area contributed by atoms with Crippen LogP contribution in [0.25, 0.3) is 16.7 Å². The molecule has 4 rings (SSSR count). The van der Waals surface area contributed by atoms with Gasteiger partial charge in [0.25, 0.3) is 0 Å². The lowest BCUT2D eigenvalue weighted by atomic mass is 10.0. The zero-order chi connectivity index (χ0) is 25.3. The number of hydrogen-bond donors (Lipinski definition) is 1. The van der Waals surface area contributed by atoms with E-state index in [0.29, 0.717) is 28.5 Å². The van der Waals surface area contributed by atoms with E-state index in [4.69, 9.17) is 28.9 Å². The second-order valence-corrected chi connectivity index (χ2v) is 10.4. The van der Waals surface area contributed by atoms with E-state index >= 15 is 0 Å². The van der Waals surface area contributed by atoms with Crippen molar-refractivity contribution in [1.29, 1.82) is 0 Å². The number of primary amides is 1. The van der Waals surface area contributed by atoms with Crippen LogP contribution in [0.5, 0.6) is 0 Å². The van der Waals surface area contributed by atoms with Crippen LogP contribution in [0, 0.1) is 6.92 Å². The van der Waals surface area contributed by atoms with Crippen LogP contribution in [0.15, 0.2) is 59.5 Å². The molecule has 0 bridgehead atoms. The zero-order valence-electron chi connectivity index (χ0n) is 19.1. The van der Waals surface area contributed by atoms with Gasteiger partial charge in [0.1, 0.15) is 10.7 Å². The third-order valence-corrected chi connectivity index (χ3v) is 7.68. The third kappa shape index (κ3) is 5.29. The van der Waals surface area contributed by atoms with Gasteiger partial charge in [0.05, 0.1) is 21.1 Å². The van der Waals surface area contributed by atoms with Gasteiger partial charge in [0, 0.05) is 12.1 Å². The molecule has 0 spiro atoms. The van der Waals surface area contributed by atoms with Crippen molar-refractivity contribution in [3.63, 3.8) is 0 Å². The third-order valence-electron chi connectivity index (χ3n) is 5.64. The molecule has 0 atom stereocenters. The average Bonchev–Trinajstić information content (AvgIpc) is 3.14. The standard InChI is InChI=1S/C25H23Cl2N3O4S/c1-3-24-29-21-13-19(26)20(27)14-22(21)30(24)18-9-6-16(7-10-18)5-8-17-12-15(2)4-11-23(17)35(32,33)34-25(28)31/h4,6-7,9-14H,3,5,8H2,1-2H3,(H2,28,31). The summed E-state index contributed by atoms with van der Waals surface area (Å²) < 4.78 is 31.3. The lowest BCUT2D eigenvalue weighted by Crippen LogP contribution is -2.20. The highest BCUT2D eigenvalue weighted by Gasteiger charge is 2.22. The fourth-order valence-electron chi connectivity index (χ4n) is 4.04. The van der Waals surface area contributed by atoms with E-state index in [-0.39, 0.29) is 4.90 Å². The SMILES string of the molecule is CCc1nc2cc(Cl)c(Cl)cc2n1-c1ccc(CCc2cc(C)ccc2S(=O)(=O)OC(N)=O)cc1. The van der Waals surface area contributed by atoms with Gasteiger partial charge in [-0.25, -0.2) is 9.78 Å². The molecule has 2 N–H and O–H groups in total. The summed E-state index contributed by atoms with van der Waals surface area (Å²) in [4.78, 5) is 15.7. The maximum absolute atomic E-state index is 12.4.